The van der Waals surface area contributed by atoms with Gasteiger partial charge in [0, 0.05) is 25.1 Å². The first kappa shape index (κ1) is 15.1. The molecule has 1 atom stereocenters. The highest BCUT2D eigenvalue weighted by Crippen LogP contribution is 2.37. The number of hydrogen-bond acceptors (Lipinski definition) is 5. The van der Waals surface area contributed by atoms with E-state index in [0.29, 0.717) is 36.7 Å². The Kier molecular flexibility index (Phi) is 4.32. The molecule has 7 nitrogen and oxygen atoms in total. The van der Waals surface area contributed by atoms with Crippen molar-refractivity contribution in [1.29, 1.82) is 0 Å². The molecule has 1 aromatic carbocycles. The van der Waals surface area contributed by atoms with E-state index in [1.54, 1.807) is 0 Å². The van der Waals surface area contributed by atoms with Crippen LogP contribution in [0.1, 0.15) is 16.8 Å². The summed E-state index contributed by atoms with van der Waals surface area (Å²) in [7, 11) is 2.88. The van der Waals surface area contributed by atoms with Gasteiger partial charge in [-0.05, 0) is 12.5 Å². The number of methoxy groups -OCH3 is 2. The SMILES string of the molecule is COc1cc(C(=O)O)c(N2CC(CN)CC2=O)cc1OC. The van der Waals surface area contributed by atoms with Crippen LogP contribution < -0.4 is 20.1 Å². The summed E-state index contributed by atoms with van der Waals surface area (Å²) >= 11 is 0. The van der Waals surface area contributed by atoms with Gasteiger partial charge in [0.25, 0.3) is 0 Å². The molecule has 1 saturated heterocycles. The maximum Gasteiger partial charge on any atom is 0.337 e. The Labute approximate surface area is 122 Å². The Morgan fingerprint density at radius 3 is 2.48 bits per heavy atom. The number of anilines is 1. The molecular formula is C14H18N2O5. The Bertz CT molecular complexity index is 573. The molecule has 3 N–H and O–H groups in total. The molecule has 0 aromatic heterocycles. The van der Waals surface area contributed by atoms with Gasteiger partial charge < -0.3 is 25.2 Å². The highest BCUT2D eigenvalue weighted by molar-refractivity contribution is 6.04. The third-order valence-corrected chi connectivity index (χ3v) is 3.56. The number of nitrogens with zero attached hydrogens (tertiary/aromatic N) is 1. The van der Waals surface area contributed by atoms with E-state index >= 15 is 0 Å². The van der Waals surface area contributed by atoms with Crippen LogP contribution in [-0.2, 0) is 4.79 Å². The summed E-state index contributed by atoms with van der Waals surface area (Å²) in [6.07, 6.45) is 0.323. The van der Waals surface area contributed by atoms with Crippen LogP contribution in [0.25, 0.3) is 0 Å². The fourth-order valence-corrected chi connectivity index (χ4v) is 2.44. The average molecular weight is 294 g/mol. The number of carboxylic acid groups (broad SMARTS) is 1. The lowest BCUT2D eigenvalue weighted by Crippen LogP contribution is -2.27. The third-order valence-electron chi connectivity index (χ3n) is 3.56. The van der Waals surface area contributed by atoms with Crippen LogP contribution in [0.4, 0.5) is 5.69 Å². The van der Waals surface area contributed by atoms with Gasteiger partial charge in [0.2, 0.25) is 5.91 Å². The van der Waals surface area contributed by atoms with Crippen molar-refractivity contribution in [1.82, 2.24) is 0 Å². The van der Waals surface area contributed by atoms with E-state index < -0.39 is 5.97 Å². The molecule has 2 rings (SSSR count). The van der Waals surface area contributed by atoms with E-state index in [-0.39, 0.29) is 17.4 Å². The number of nitrogens with two attached hydrogens (primary N) is 1. The molecule has 1 heterocycles. The summed E-state index contributed by atoms with van der Waals surface area (Å²) in [5.41, 5.74) is 5.90. The van der Waals surface area contributed by atoms with Gasteiger partial charge in [-0.1, -0.05) is 0 Å². The van der Waals surface area contributed by atoms with E-state index in [0.717, 1.165) is 0 Å². The number of carbonyl (C=O) groups is 2. The number of hydrogen-bond donors (Lipinski definition) is 2. The zero-order chi connectivity index (χ0) is 15.6. The van der Waals surface area contributed by atoms with Crippen molar-refractivity contribution in [2.45, 2.75) is 6.42 Å². The Hall–Kier alpha value is -2.28. The average Bonchev–Trinajstić information content (AvgIpc) is 2.86. The van der Waals surface area contributed by atoms with Gasteiger partial charge >= 0.3 is 5.97 Å². The summed E-state index contributed by atoms with van der Waals surface area (Å²) in [5, 5.41) is 9.36. The predicted octanol–water partition coefficient (Wildman–Crippen LogP) is 0.714. The fourth-order valence-electron chi connectivity index (χ4n) is 2.44. The number of benzene rings is 1. The van der Waals surface area contributed by atoms with Gasteiger partial charge in [-0.3, -0.25) is 4.79 Å². The highest BCUT2D eigenvalue weighted by Gasteiger charge is 2.33. The quantitative estimate of drug-likeness (QED) is 0.829. The maximum absolute atomic E-state index is 12.1. The Balaban J connectivity index is 2.51. The van der Waals surface area contributed by atoms with Crippen LogP contribution in [0.15, 0.2) is 12.1 Å². The van der Waals surface area contributed by atoms with Crippen molar-refractivity contribution < 1.29 is 24.2 Å². The molecule has 1 aliphatic rings. The number of carbonyl (C=O) groups excluding carboxylic acids is 1. The van der Waals surface area contributed by atoms with Crippen molar-refractivity contribution in [2.75, 3.05) is 32.2 Å². The third kappa shape index (κ3) is 2.78. The van der Waals surface area contributed by atoms with E-state index in [1.165, 1.54) is 31.3 Å². The van der Waals surface area contributed by atoms with Gasteiger partial charge in [0.15, 0.2) is 11.5 Å². The molecule has 1 unspecified atom stereocenters. The first-order chi connectivity index (χ1) is 10.0. The molecule has 1 amide bonds. The monoisotopic (exact) mass is 294 g/mol. The molecule has 1 fully saturated rings. The van der Waals surface area contributed by atoms with Crippen molar-refractivity contribution in [3.8, 4) is 11.5 Å². The molecule has 7 heteroatoms. The number of amides is 1. The lowest BCUT2D eigenvalue weighted by Gasteiger charge is -2.21. The minimum absolute atomic E-state index is 0.00123. The summed E-state index contributed by atoms with van der Waals surface area (Å²) in [5.74, 6) is -0.551. The van der Waals surface area contributed by atoms with Crippen molar-refractivity contribution in [2.24, 2.45) is 11.7 Å². The van der Waals surface area contributed by atoms with Crippen molar-refractivity contribution in [3.63, 3.8) is 0 Å². The molecule has 0 radical (unpaired) electrons. The molecule has 1 aliphatic heterocycles. The number of rotatable bonds is 5. The largest absolute Gasteiger partial charge is 0.493 e. The van der Waals surface area contributed by atoms with Crippen molar-refractivity contribution >= 4 is 17.6 Å². The molecular weight excluding hydrogens is 276 g/mol. The van der Waals surface area contributed by atoms with Crippen LogP contribution in [-0.4, -0.2) is 44.3 Å². The molecule has 0 spiro atoms. The number of ether oxygens (including phenoxy) is 2. The zero-order valence-electron chi connectivity index (χ0n) is 12.0. The molecule has 0 saturated carbocycles. The van der Waals surface area contributed by atoms with Crippen LogP contribution >= 0.6 is 0 Å². The summed E-state index contributed by atoms with van der Waals surface area (Å²) < 4.78 is 10.3. The van der Waals surface area contributed by atoms with Crippen LogP contribution in [0.3, 0.4) is 0 Å². The normalized spacial score (nSPS) is 18.0. The molecule has 1 aromatic rings. The number of aromatic carboxylic acids is 1. The second kappa shape index (κ2) is 6.01. The highest BCUT2D eigenvalue weighted by atomic mass is 16.5. The van der Waals surface area contributed by atoms with Gasteiger partial charge in [0.05, 0.1) is 25.5 Å². The summed E-state index contributed by atoms with van der Waals surface area (Å²) in [6, 6.07) is 2.87. The summed E-state index contributed by atoms with van der Waals surface area (Å²) in [4.78, 5) is 25.0. The fraction of sp³-hybridized carbons (Fsp3) is 0.429. The lowest BCUT2D eigenvalue weighted by atomic mass is 10.1. The topological polar surface area (TPSA) is 102 Å². The lowest BCUT2D eigenvalue weighted by molar-refractivity contribution is -0.117. The molecule has 114 valence electrons. The zero-order valence-corrected chi connectivity index (χ0v) is 12.0. The van der Waals surface area contributed by atoms with Crippen LogP contribution in [0, 0.1) is 5.92 Å². The van der Waals surface area contributed by atoms with E-state index in [2.05, 4.69) is 0 Å². The van der Waals surface area contributed by atoms with Gasteiger partial charge in [-0.15, -0.1) is 0 Å². The maximum atomic E-state index is 12.1. The molecule has 21 heavy (non-hydrogen) atoms. The molecule has 0 aliphatic carbocycles. The van der Waals surface area contributed by atoms with Gasteiger partial charge in [-0.2, -0.15) is 0 Å². The first-order valence-corrected chi connectivity index (χ1v) is 6.51. The van der Waals surface area contributed by atoms with E-state index in [9.17, 15) is 14.7 Å². The second-order valence-electron chi connectivity index (χ2n) is 4.84. The second-order valence-corrected chi connectivity index (χ2v) is 4.84. The standard InChI is InChI=1S/C14H18N2O5/c1-20-11-4-9(14(18)19)10(5-12(11)21-2)16-7-8(6-15)3-13(16)17/h4-5,8H,3,6-7,15H2,1-2H3,(H,18,19). The van der Waals surface area contributed by atoms with Gasteiger partial charge in [0.1, 0.15) is 0 Å². The Morgan fingerprint density at radius 2 is 2.00 bits per heavy atom. The predicted molar refractivity (Wildman–Crippen MR) is 76.0 cm³/mol. The first-order valence-electron chi connectivity index (χ1n) is 6.51. The van der Waals surface area contributed by atoms with E-state index in [1.807, 2.05) is 0 Å². The Morgan fingerprint density at radius 1 is 1.38 bits per heavy atom. The van der Waals surface area contributed by atoms with Crippen LogP contribution in [0.2, 0.25) is 0 Å². The smallest absolute Gasteiger partial charge is 0.337 e. The summed E-state index contributed by atoms with van der Waals surface area (Å²) in [6.45, 7) is 0.795. The molecule has 0 bridgehead atoms. The van der Waals surface area contributed by atoms with Crippen molar-refractivity contribution in [3.05, 3.63) is 17.7 Å². The van der Waals surface area contributed by atoms with Gasteiger partial charge in [-0.25, -0.2) is 4.79 Å². The van der Waals surface area contributed by atoms with E-state index in [4.69, 9.17) is 15.2 Å². The van der Waals surface area contributed by atoms with Crippen LogP contribution in [0.5, 0.6) is 11.5 Å². The number of carboxylic acids is 1. The minimum Gasteiger partial charge on any atom is -0.493 e. The minimum atomic E-state index is -1.13.